The molecule has 2 fully saturated rings. The number of carboxylic acids is 1. The molecule has 2 aromatic carbocycles. The number of piperidine rings is 1. The summed E-state index contributed by atoms with van der Waals surface area (Å²) in [7, 11) is 0. The van der Waals surface area contributed by atoms with Crippen molar-refractivity contribution in [2.45, 2.75) is 51.1 Å². The highest BCUT2D eigenvalue weighted by atomic mass is 35.5. The molecule has 0 radical (unpaired) electrons. The smallest absolute Gasteiger partial charge is 0.306 e. The van der Waals surface area contributed by atoms with Gasteiger partial charge in [0, 0.05) is 16.0 Å². The van der Waals surface area contributed by atoms with Crippen LogP contribution in [0.25, 0.3) is 0 Å². The van der Waals surface area contributed by atoms with Gasteiger partial charge in [-0.3, -0.25) is 9.59 Å². The van der Waals surface area contributed by atoms with Crippen LogP contribution in [0, 0.1) is 17.3 Å². The number of nitrogens with zero attached hydrogens (tertiary/aromatic N) is 1. The van der Waals surface area contributed by atoms with Crippen molar-refractivity contribution < 1.29 is 19.8 Å². The molecule has 1 heterocycles. The minimum absolute atomic E-state index is 0.0876. The van der Waals surface area contributed by atoms with Gasteiger partial charge in [0.25, 0.3) is 0 Å². The maximum absolute atomic E-state index is 14.1. The average molecular weight is 490 g/mol. The maximum atomic E-state index is 14.1. The molecule has 176 valence electrons. The van der Waals surface area contributed by atoms with E-state index in [1.54, 1.807) is 0 Å². The van der Waals surface area contributed by atoms with Crippen molar-refractivity contribution in [3.8, 4) is 0 Å². The number of aliphatic hydroxyl groups excluding tert-OH is 1. The molecular formula is C26H29Cl2NO4. The van der Waals surface area contributed by atoms with E-state index in [1.165, 1.54) is 0 Å². The first-order valence-electron chi connectivity index (χ1n) is 11.4. The normalized spacial score (nSPS) is 30.2. The third-order valence-electron chi connectivity index (χ3n) is 7.54. The fourth-order valence-electron chi connectivity index (χ4n) is 5.65. The molecule has 7 heteroatoms. The van der Waals surface area contributed by atoms with E-state index in [0.29, 0.717) is 29.3 Å². The van der Waals surface area contributed by atoms with Gasteiger partial charge in [0.05, 0.1) is 30.0 Å². The molecule has 4 rings (SSSR count). The summed E-state index contributed by atoms with van der Waals surface area (Å²) in [6, 6.07) is 14.4. The molecule has 2 aliphatic rings. The van der Waals surface area contributed by atoms with Crippen molar-refractivity contribution in [3.63, 3.8) is 0 Å². The summed E-state index contributed by atoms with van der Waals surface area (Å²) in [5.74, 6) is -1.80. The molecule has 0 spiro atoms. The van der Waals surface area contributed by atoms with Crippen LogP contribution in [0.15, 0.2) is 48.5 Å². The number of halogens is 2. The number of aliphatic carboxylic acids is 1. The summed E-state index contributed by atoms with van der Waals surface area (Å²) < 4.78 is 0. The average Bonchev–Trinajstić information content (AvgIpc) is 3.60. The van der Waals surface area contributed by atoms with Crippen LogP contribution in [0.2, 0.25) is 10.0 Å². The number of carboxylic acid groups (broad SMARTS) is 1. The lowest BCUT2D eigenvalue weighted by atomic mass is 9.65. The zero-order valence-electron chi connectivity index (χ0n) is 18.7. The fourth-order valence-corrected chi connectivity index (χ4v) is 5.97. The molecule has 6 atom stereocenters. The minimum Gasteiger partial charge on any atom is -0.481 e. The second-order valence-electron chi connectivity index (χ2n) is 9.52. The lowest BCUT2D eigenvalue weighted by molar-refractivity contribution is -0.158. The summed E-state index contributed by atoms with van der Waals surface area (Å²) >= 11 is 12.5. The summed E-state index contributed by atoms with van der Waals surface area (Å²) in [6.07, 6.45) is 1.58. The van der Waals surface area contributed by atoms with Crippen molar-refractivity contribution in [2.24, 2.45) is 17.3 Å². The third-order valence-corrected chi connectivity index (χ3v) is 8.02. The van der Waals surface area contributed by atoms with Gasteiger partial charge < -0.3 is 15.1 Å². The Balaban J connectivity index is 1.88. The van der Waals surface area contributed by atoms with E-state index in [1.807, 2.05) is 67.3 Å². The van der Waals surface area contributed by atoms with Gasteiger partial charge in [-0.25, -0.2) is 0 Å². The van der Waals surface area contributed by atoms with E-state index in [2.05, 4.69) is 0 Å². The third kappa shape index (κ3) is 4.39. The van der Waals surface area contributed by atoms with Crippen LogP contribution in [0.4, 0.5) is 0 Å². The Labute approximate surface area is 204 Å². The SMILES string of the molecule is CC[C@@H](CO)N1C(=O)[C@@](C)(C2CC2C(=O)O)C[C@H](c2cccc(Cl)c2)[C@H]1c1ccc(Cl)cc1. The minimum atomic E-state index is -0.853. The van der Waals surface area contributed by atoms with Crippen LogP contribution >= 0.6 is 23.2 Å². The van der Waals surface area contributed by atoms with E-state index in [-0.39, 0.29) is 36.4 Å². The van der Waals surface area contributed by atoms with Gasteiger partial charge in [-0.1, -0.05) is 61.3 Å². The van der Waals surface area contributed by atoms with Gasteiger partial charge in [-0.2, -0.15) is 0 Å². The Kier molecular flexibility index (Phi) is 6.77. The number of amides is 1. The highest BCUT2D eigenvalue weighted by Crippen LogP contribution is 2.61. The second kappa shape index (κ2) is 9.28. The molecule has 33 heavy (non-hydrogen) atoms. The Morgan fingerprint density at radius 1 is 1.15 bits per heavy atom. The number of hydrogen-bond acceptors (Lipinski definition) is 3. The summed E-state index contributed by atoms with van der Waals surface area (Å²) in [6.45, 7) is 3.68. The Bertz CT molecular complexity index is 1040. The van der Waals surface area contributed by atoms with E-state index in [9.17, 15) is 19.8 Å². The van der Waals surface area contributed by atoms with Gasteiger partial charge in [-0.15, -0.1) is 0 Å². The van der Waals surface area contributed by atoms with Crippen molar-refractivity contribution >= 4 is 35.1 Å². The zero-order valence-corrected chi connectivity index (χ0v) is 20.3. The number of hydrogen-bond donors (Lipinski definition) is 2. The molecule has 1 saturated heterocycles. The highest BCUT2D eigenvalue weighted by molar-refractivity contribution is 6.30. The molecule has 0 bridgehead atoms. The number of carbonyl (C=O) groups is 2. The molecule has 1 amide bonds. The highest BCUT2D eigenvalue weighted by Gasteiger charge is 2.62. The van der Waals surface area contributed by atoms with Crippen LogP contribution in [0.1, 0.15) is 56.2 Å². The molecule has 1 aliphatic carbocycles. The van der Waals surface area contributed by atoms with E-state index >= 15 is 0 Å². The van der Waals surface area contributed by atoms with Gasteiger partial charge in [0.15, 0.2) is 0 Å². The fraction of sp³-hybridized carbons (Fsp3) is 0.462. The Hall–Kier alpha value is -2.08. The maximum Gasteiger partial charge on any atom is 0.306 e. The monoisotopic (exact) mass is 489 g/mol. The number of aliphatic hydroxyl groups is 1. The van der Waals surface area contributed by atoms with E-state index < -0.39 is 17.3 Å². The van der Waals surface area contributed by atoms with E-state index in [0.717, 1.165) is 11.1 Å². The predicted octanol–water partition coefficient (Wildman–Crippen LogP) is 5.55. The van der Waals surface area contributed by atoms with Crippen LogP contribution in [-0.2, 0) is 9.59 Å². The lowest BCUT2D eigenvalue weighted by Gasteiger charge is -2.52. The largest absolute Gasteiger partial charge is 0.481 e. The summed E-state index contributed by atoms with van der Waals surface area (Å²) in [4.78, 5) is 27.6. The number of carbonyl (C=O) groups excluding carboxylic acids is 1. The van der Waals surface area contributed by atoms with Gasteiger partial charge in [-0.05, 0) is 60.6 Å². The summed E-state index contributed by atoms with van der Waals surface area (Å²) in [5.41, 5.74) is 1.07. The van der Waals surface area contributed by atoms with Gasteiger partial charge >= 0.3 is 5.97 Å². The molecule has 1 saturated carbocycles. The lowest BCUT2D eigenvalue weighted by Crippen LogP contribution is -2.57. The zero-order chi connectivity index (χ0) is 23.9. The molecule has 2 unspecified atom stereocenters. The van der Waals surface area contributed by atoms with Crippen LogP contribution in [-0.4, -0.2) is 39.6 Å². The standard InChI is InChI=1S/C26H29Cl2NO4/c1-3-19(14-30)29-23(15-7-9-17(27)10-8-15)21(16-5-4-6-18(28)11-16)13-26(2,25(29)33)22-12-20(22)24(31)32/h4-11,19-23,30H,3,12-14H2,1-2H3,(H,31,32)/t19-,20?,21+,22?,23+,26+/m0/s1. The summed E-state index contributed by atoms with van der Waals surface area (Å²) in [5, 5.41) is 21.1. The van der Waals surface area contributed by atoms with Gasteiger partial charge in [0.1, 0.15) is 0 Å². The van der Waals surface area contributed by atoms with Crippen molar-refractivity contribution in [1.82, 2.24) is 4.90 Å². The van der Waals surface area contributed by atoms with E-state index in [4.69, 9.17) is 23.2 Å². The van der Waals surface area contributed by atoms with Crippen molar-refractivity contribution in [1.29, 1.82) is 0 Å². The molecular weight excluding hydrogens is 461 g/mol. The molecule has 5 nitrogen and oxygen atoms in total. The first-order chi connectivity index (χ1) is 15.7. The van der Waals surface area contributed by atoms with Crippen LogP contribution in [0.5, 0.6) is 0 Å². The molecule has 0 aromatic heterocycles. The Morgan fingerprint density at radius 3 is 2.39 bits per heavy atom. The number of likely N-dealkylation sites (tertiary alicyclic amines) is 1. The molecule has 2 aromatic rings. The molecule has 2 N–H and O–H groups in total. The second-order valence-corrected chi connectivity index (χ2v) is 10.4. The quantitative estimate of drug-likeness (QED) is 0.534. The Morgan fingerprint density at radius 2 is 1.85 bits per heavy atom. The molecule has 1 aliphatic heterocycles. The van der Waals surface area contributed by atoms with Gasteiger partial charge in [0.2, 0.25) is 5.91 Å². The first-order valence-corrected chi connectivity index (χ1v) is 12.1. The first kappa shape index (κ1) is 24.1. The number of benzene rings is 2. The predicted molar refractivity (Wildman–Crippen MR) is 128 cm³/mol. The number of rotatable bonds is 7. The van der Waals surface area contributed by atoms with Crippen molar-refractivity contribution in [3.05, 3.63) is 69.7 Å². The van der Waals surface area contributed by atoms with Crippen LogP contribution < -0.4 is 0 Å². The van der Waals surface area contributed by atoms with Crippen molar-refractivity contribution in [2.75, 3.05) is 6.61 Å². The topological polar surface area (TPSA) is 77.8 Å². The van der Waals surface area contributed by atoms with Crippen LogP contribution in [0.3, 0.4) is 0 Å².